The van der Waals surface area contributed by atoms with E-state index < -0.39 is 0 Å². The van der Waals surface area contributed by atoms with Crippen molar-refractivity contribution in [3.8, 4) is 0 Å². The Morgan fingerprint density at radius 1 is 0.839 bits per heavy atom. The average molecular weight is 435 g/mol. The van der Waals surface area contributed by atoms with E-state index >= 15 is 0 Å². The lowest BCUT2D eigenvalue weighted by Gasteiger charge is -2.30. The maximum Gasteiger partial charge on any atom is 0.142 e. The molecule has 1 atom stereocenters. The molecule has 1 aliphatic carbocycles. The Morgan fingerprint density at radius 2 is 1.48 bits per heavy atom. The van der Waals surface area contributed by atoms with Gasteiger partial charge in [0.15, 0.2) is 0 Å². The summed E-state index contributed by atoms with van der Waals surface area (Å²) < 4.78 is 13.6. The van der Waals surface area contributed by atoms with E-state index in [4.69, 9.17) is 11.6 Å². The van der Waals surface area contributed by atoms with Crippen molar-refractivity contribution in [2.75, 3.05) is 0 Å². The largest absolute Gasteiger partial charge is 0.205 e. The van der Waals surface area contributed by atoms with Crippen molar-refractivity contribution >= 4 is 11.6 Å². The summed E-state index contributed by atoms with van der Waals surface area (Å²) in [7, 11) is 0. The number of rotatable bonds is 7. The highest BCUT2D eigenvalue weighted by Crippen LogP contribution is 2.39. The van der Waals surface area contributed by atoms with Gasteiger partial charge in [-0.2, -0.15) is 0 Å². The van der Waals surface area contributed by atoms with E-state index in [1.807, 2.05) is 6.07 Å². The van der Waals surface area contributed by atoms with Gasteiger partial charge in [-0.3, -0.25) is 0 Å². The summed E-state index contributed by atoms with van der Waals surface area (Å²) in [5.41, 5.74) is 5.26. The number of hydrogen-bond acceptors (Lipinski definition) is 0. The van der Waals surface area contributed by atoms with Crippen LogP contribution in [0.2, 0.25) is 5.02 Å². The molecule has 0 nitrogen and oxygen atoms in total. The molecule has 0 N–H and O–H groups in total. The zero-order chi connectivity index (χ0) is 21.6. The van der Waals surface area contributed by atoms with Crippen molar-refractivity contribution in [3.63, 3.8) is 0 Å². The first-order chi connectivity index (χ1) is 15.1. The Kier molecular flexibility index (Phi) is 7.45. The Hall–Kier alpha value is -2.12. The lowest BCUT2D eigenvalue weighted by atomic mass is 9.75. The fraction of sp³-hybridized carbons (Fsp3) is 0.379. The quantitative estimate of drug-likeness (QED) is 0.348. The van der Waals surface area contributed by atoms with Crippen LogP contribution in [0.3, 0.4) is 0 Å². The molecule has 162 valence electrons. The van der Waals surface area contributed by atoms with E-state index in [-0.39, 0.29) is 10.8 Å². The second-order valence-corrected chi connectivity index (χ2v) is 9.66. The molecule has 0 radical (unpaired) electrons. The lowest BCUT2D eigenvalue weighted by molar-refractivity contribution is 0.297. The summed E-state index contributed by atoms with van der Waals surface area (Å²) in [6.45, 7) is 2.37. The van der Waals surface area contributed by atoms with Gasteiger partial charge in [0.2, 0.25) is 0 Å². The van der Waals surface area contributed by atoms with Gasteiger partial charge in [-0.25, -0.2) is 4.39 Å². The van der Waals surface area contributed by atoms with Crippen LogP contribution in [-0.2, 0) is 12.8 Å². The van der Waals surface area contributed by atoms with Gasteiger partial charge in [0, 0.05) is 0 Å². The van der Waals surface area contributed by atoms with Gasteiger partial charge in [-0.1, -0.05) is 79.2 Å². The molecular weight excluding hydrogens is 403 g/mol. The maximum absolute atomic E-state index is 13.6. The summed E-state index contributed by atoms with van der Waals surface area (Å²) in [4.78, 5) is 0. The predicted molar refractivity (Wildman–Crippen MR) is 129 cm³/mol. The monoisotopic (exact) mass is 434 g/mol. The van der Waals surface area contributed by atoms with Crippen LogP contribution < -0.4 is 0 Å². The minimum Gasteiger partial charge on any atom is -0.205 e. The summed E-state index contributed by atoms with van der Waals surface area (Å²) in [6.07, 6.45) is 8.34. The first-order valence-corrected chi connectivity index (χ1v) is 12.0. The summed E-state index contributed by atoms with van der Waals surface area (Å²) in [5, 5.41) is 0.192. The van der Waals surface area contributed by atoms with Crippen LogP contribution in [-0.4, -0.2) is 0 Å². The van der Waals surface area contributed by atoms with Crippen LogP contribution in [0.15, 0.2) is 72.8 Å². The molecule has 0 bridgehead atoms. The van der Waals surface area contributed by atoms with Gasteiger partial charge < -0.3 is 0 Å². The van der Waals surface area contributed by atoms with Crippen LogP contribution in [0.25, 0.3) is 0 Å². The van der Waals surface area contributed by atoms with Gasteiger partial charge in [0.1, 0.15) is 5.82 Å². The van der Waals surface area contributed by atoms with E-state index in [1.54, 1.807) is 12.1 Å². The molecule has 0 spiro atoms. The highest BCUT2D eigenvalue weighted by Gasteiger charge is 2.24. The van der Waals surface area contributed by atoms with Gasteiger partial charge in [-0.05, 0) is 97.1 Å². The van der Waals surface area contributed by atoms with E-state index in [1.165, 1.54) is 48.8 Å². The standard InChI is InChI=1S/C29H32ClF/c1-21(25-5-3-2-4-6-25)19-23-11-16-27(17-12-23)26-14-9-22(10-15-26)7-8-24-13-18-28(30)29(31)20-24/h2-6,9-10,13-15,18,20-21,23,27H,7-8,11-12,16-17,19H2,1H3/t21-,23?,27?/m0/s1. The molecule has 0 heterocycles. The van der Waals surface area contributed by atoms with Gasteiger partial charge in [0.25, 0.3) is 0 Å². The van der Waals surface area contributed by atoms with Crippen LogP contribution in [0.5, 0.6) is 0 Å². The number of benzene rings is 3. The van der Waals surface area contributed by atoms with Gasteiger partial charge >= 0.3 is 0 Å². The minimum absolute atomic E-state index is 0.192. The van der Waals surface area contributed by atoms with Crippen molar-refractivity contribution in [2.45, 2.75) is 63.7 Å². The summed E-state index contributed by atoms with van der Waals surface area (Å²) in [6, 6.07) is 25.2. The molecule has 0 saturated heterocycles. The first kappa shape index (κ1) is 22.1. The number of aryl methyl sites for hydroxylation is 2. The van der Waals surface area contributed by atoms with Crippen LogP contribution in [0.1, 0.15) is 73.1 Å². The second-order valence-electron chi connectivity index (χ2n) is 9.26. The lowest BCUT2D eigenvalue weighted by Crippen LogP contribution is -2.15. The van der Waals surface area contributed by atoms with Crippen molar-refractivity contribution in [3.05, 3.63) is 106 Å². The Balaban J connectivity index is 1.25. The fourth-order valence-corrected chi connectivity index (χ4v) is 5.21. The molecule has 3 aromatic carbocycles. The molecule has 2 heteroatoms. The first-order valence-electron chi connectivity index (χ1n) is 11.7. The van der Waals surface area contributed by atoms with Crippen LogP contribution >= 0.6 is 11.6 Å². The maximum atomic E-state index is 13.6. The highest BCUT2D eigenvalue weighted by molar-refractivity contribution is 6.30. The average Bonchev–Trinajstić information content (AvgIpc) is 2.81. The molecule has 31 heavy (non-hydrogen) atoms. The van der Waals surface area contributed by atoms with E-state index in [0.29, 0.717) is 11.8 Å². The molecule has 4 rings (SSSR count). The van der Waals surface area contributed by atoms with Crippen molar-refractivity contribution in [1.82, 2.24) is 0 Å². The van der Waals surface area contributed by atoms with Gasteiger partial charge in [-0.15, -0.1) is 0 Å². The third kappa shape index (κ3) is 5.98. The highest BCUT2D eigenvalue weighted by atomic mass is 35.5. The number of halogens is 2. The predicted octanol–water partition coefficient (Wildman–Crippen LogP) is 8.73. The zero-order valence-corrected chi connectivity index (χ0v) is 19.1. The fourth-order valence-electron chi connectivity index (χ4n) is 5.09. The third-order valence-electron chi connectivity index (χ3n) is 7.04. The van der Waals surface area contributed by atoms with E-state index in [9.17, 15) is 4.39 Å². The zero-order valence-electron chi connectivity index (χ0n) is 18.4. The molecular formula is C29H32ClF. The van der Waals surface area contributed by atoms with E-state index in [2.05, 4.69) is 61.5 Å². The molecule has 1 fully saturated rings. The normalized spacial score (nSPS) is 19.8. The molecule has 0 aromatic heterocycles. The Morgan fingerprint density at radius 3 is 2.16 bits per heavy atom. The molecule has 3 aromatic rings. The van der Waals surface area contributed by atoms with Crippen molar-refractivity contribution < 1.29 is 4.39 Å². The number of hydrogen-bond donors (Lipinski definition) is 0. The van der Waals surface area contributed by atoms with Crippen LogP contribution in [0, 0.1) is 11.7 Å². The second kappa shape index (κ2) is 10.5. The Labute approximate surface area is 191 Å². The third-order valence-corrected chi connectivity index (χ3v) is 7.35. The molecule has 0 unspecified atom stereocenters. The Bertz CT molecular complexity index is 956. The SMILES string of the molecule is C[C@@H](CC1CCC(c2ccc(CCc3ccc(Cl)c(F)c3)cc2)CC1)c1ccccc1. The molecule has 0 amide bonds. The summed E-state index contributed by atoms with van der Waals surface area (Å²) >= 11 is 5.78. The van der Waals surface area contributed by atoms with Crippen molar-refractivity contribution in [1.29, 1.82) is 0 Å². The van der Waals surface area contributed by atoms with Crippen molar-refractivity contribution in [2.24, 2.45) is 5.92 Å². The topological polar surface area (TPSA) is 0 Å². The molecule has 0 aliphatic heterocycles. The van der Waals surface area contributed by atoms with Crippen LogP contribution in [0.4, 0.5) is 4.39 Å². The molecule has 1 aliphatic rings. The summed E-state index contributed by atoms with van der Waals surface area (Å²) in [5.74, 6) is 1.87. The smallest absolute Gasteiger partial charge is 0.142 e. The minimum atomic E-state index is -0.330. The van der Waals surface area contributed by atoms with Gasteiger partial charge in [0.05, 0.1) is 5.02 Å². The molecule has 1 saturated carbocycles. The van der Waals surface area contributed by atoms with E-state index in [0.717, 1.165) is 24.3 Å².